The highest BCUT2D eigenvalue weighted by Gasteiger charge is 2.18. The molecule has 0 aliphatic carbocycles. The molecule has 3 aromatic heterocycles. The molecule has 0 saturated carbocycles. The van der Waals surface area contributed by atoms with Crippen LogP contribution in [0.25, 0.3) is 11.0 Å². The maximum Gasteiger partial charge on any atom is 0.134 e. The van der Waals surface area contributed by atoms with Gasteiger partial charge in [-0.2, -0.15) is 0 Å². The lowest BCUT2D eigenvalue weighted by molar-refractivity contribution is 0.470. The number of hydrogen-bond acceptors (Lipinski definition) is 5. The molecule has 0 spiro atoms. The van der Waals surface area contributed by atoms with E-state index in [4.69, 9.17) is 4.42 Å². The Morgan fingerprint density at radius 2 is 2.12 bits per heavy atom. The molecule has 5 heteroatoms. The van der Waals surface area contributed by atoms with Crippen LogP contribution in [0.15, 0.2) is 64.7 Å². The topological polar surface area (TPSA) is 51.0 Å². The van der Waals surface area contributed by atoms with Gasteiger partial charge in [0, 0.05) is 36.1 Å². The van der Waals surface area contributed by atoms with Crippen LogP contribution in [0.5, 0.6) is 0 Å². The molecular formula is C20H19N3OS. The van der Waals surface area contributed by atoms with Crippen molar-refractivity contribution in [1.29, 1.82) is 0 Å². The molecule has 0 aliphatic rings. The highest BCUT2D eigenvalue weighted by molar-refractivity contribution is 7.09. The van der Waals surface area contributed by atoms with E-state index in [1.165, 1.54) is 0 Å². The molecule has 0 radical (unpaired) electrons. The minimum absolute atomic E-state index is 0.0270. The second-order valence-electron chi connectivity index (χ2n) is 5.97. The van der Waals surface area contributed by atoms with Gasteiger partial charge in [-0.05, 0) is 30.7 Å². The second kappa shape index (κ2) is 7.17. The number of fused-ring (bicyclic) bond motifs is 1. The monoisotopic (exact) mass is 349 g/mol. The maximum atomic E-state index is 6.09. The van der Waals surface area contributed by atoms with Crippen molar-refractivity contribution in [2.24, 2.45) is 0 Å². The van der Waals surface area contributed by atoms with E-state index in [9.17, 15) is 0 Å². The first-order valence-electron chi connectivity index (χ1n) is 8.32. The number of hydrogen-bond donors (Lipinski definition) is 1. The number of rotatable bonds is 6. The SMILES string of the molecule is Cc1nc(CCN[C@H](c2cccnc2)c2cc3ccccc3o2)cs1. The van der Waals surface area contributed by atoms with Gasteiger partial charge in [0.25, 0.3) is 0 Å². The number of furan rings is 1. The zero-order chi connectivity index (χ0) is 17.1. The maximum absolute atomic E-state index is 6.09. The molecule has 1 aromatic carbocycles. The lowest BCUT2D eigenvalue weighted by atomic mass is 10.1. The van der Waals surface area contributed by atoms with E-state index in [0.717, 1.165) is 46.0 Å². The van der Waals surface area contributed by atoms with Crippen molar-refractivity contribution in [3.05, 3.63) is 82.3 Å². The zero-order valence-electron chi connectivity index (χ0n) is 14.0. The normalized spacial score (nSPS) is 12.5. The van der Waals surface area contributed by atoms with Crippen molar-refractivity contribution in [1.82, 2.24) is 15.3 Å². The molecule has 25 heavy (non-hydrogen) atoms. The number of aromatic nitrogens is 2. The van der Waals surface area contributed by atoms with Gasteiger partial charge in [0.2, 0.25) is 0 Å². The van der Waals surface area contributed by atoms with E-state index >= 15 is 0 Å². The van der Waals surface area contributed by atoms with Crippen LogP contribution >= 0.6 is 11.3 Å². The summed E-state index contributed by atoms with van der Waals surface area (Å²) in [5, 5.41) is 7.95. The van der Waals surface area contributed by atoms with Crippen molar-refractivity contribution in [3.63, 3.8) is 0 Å². The summed E-state index contributed by atoms with van der Waals surface area (Å²) in [5.41, 5.74) is 3.13. The van der Waals surface area contributed by atoms with Crippen molar-refractivity contribution in [3.8, 4) is 0 Å². The summed E-state index contributed by atoms with van der Waals surface area (Å²) in [4.78, 5) is 8.79. The number of benzene rings is 1. The van der Waals surface area contributed by atoms with Gasteiger partial charge in [-0.15, -0.1) is 11.3 Å². The van der Waals surface area contributed by atoms with Crippen LogP contribution in [-0.4, -0.2) is 16.5 Å². The molecule has 0 unspecified atom stereocenters. The summed E-state index contributed by atoms with van der Waals surface area (Å²) in [5.74, 6) is 0.906. The summed E-state index contributed by atoms with van der Waals surface area (Å²) in [7, 11) is 0. The van der Waals surface area contributed by atoms with Crippen LogP contribution in [0, 0.1) is 6.92 Å². The van der Waals surface area contributed by atoms with Crippen LogP contribution in [-0.2, 0) is 6.42 Å². The number of para-hydroxylation sites is 1. The van der Waals surface area contributed by atoms with Crippen LogP contribution in [0.3, 0.4) is 0 Å². The molecule has 0 aliphatic heterocycles. The minimum Gasteiger partial charge on any atom is -0.459 e. The third-order valence-electron chi connectivity index (χ3n) is 4.14. The largest absolute Gasteiger partial charge is 0.459 e. The Hall–Kier alpha value is -2.50. The first-order chi connectivity index (χ1) is 12.3. The minimum atomic E-state index is -0.0270. The van der Waals surface area contributed by atoms with Gasteiger partial charge < -0.3 is 9.73 Å². The summed E-state index contributed by atoms with van der Waals surface area (Å²) < 4.78 is 6.09. The Balaban J connectivity index is 1.58. The fraction of sp³-hybridized carbons (Fsp3) is 0.200. The van der Waals surface area contributed by atoms with Crippen LogP contribution in [0.4, 0.5) is 0 Å². The van der Waals surface area contributed by atoms with Gasteiger partial charge in [0.05, 0.1) is 16.7 Å². The van der Waals surface area contributed by atoms with Gasteiger partial charge in [0.1, 0.15) is 11.3 Å². The smallest absolute Gasteiger partial charge is 0.134 e. The molecule has 0 saturated heterocycles. The van der Waals surface area contributed by atoms with E-state index in [-0.39, 0.29) is 6.04 Å². The van der Waals surface area contributed by atoms with Gasteiger partial charge in [-0.1, -0.05) is 24.3 Å². The molecule has 4 aromatic rings. The predicted molar refractivity (Wildman–Crippen MR) is 101 cm³/mol. The van der Waals surface area contributed by atoms with Gasteiger partial charge in [0.15, 0.2) is 0 Å². The molecular weight excluding hydrogens is 330 g/mol. The first kappa shape index (κ1) is 16.0. The number of nitrogens with one attached hydrogen (secondary N) is 1. The zero-order valence-corrected chi connectivity index (χ0v) is 14.8. The third-order valence-corrected chi connectivity index (χ3v) is 4.97. The first-order valence-corrected chi connectivity index (χ1v) is 9.20. The van der Waals surface area contributed by atoms with Crippen LogP contribution in [0.2, 0.25) is 0 Å². The molecule has 4 nitrogen and oxygen atoms in total. The third kappa shape index (κ3) is 3.62. The number of nitrogens with zero attached hydrogens (tertiary/aromatic N) is 2. The molecule has 0 fully saturated rings. The summed E-state index contributed by atoms with van der Waals surface area (Å²) in [6, 6.07) is 14.2. The summed E-state index contributed by atoms with van der Waals surface area (Å²) in [6.45, 7) is 2.86. The lowest BCUT2D eigenvalue weighted by Crippen LogP contribution is -2.24. The van der Waals surface area contributed by atoms with Gasteiger partial charge in [-0.3, -0.25) is 4.98 Å². The highest BCUT2D eigenvalue weighted by atomic mass is 32.1. The predicted octanol–water partition coefficient (Wildman–Crippen LogP) is 4.51. The van der Waals surface area contributed by atoms with Crippen LogP contribution < -0.4 is 5.32 Å². The standard InChI is InChI=1S/C20H19N3OS/c1-14-23-17(13-25-14)8-10-22-20(16-6-4-9-21-12-16)19-11-15-5-2-3-7-18(15)24-19/h2-7,9,11-13,20,22H,8,10H2,1H3/t20-/m1/s1. The fourth-order valence-electron chi connectivity index (χ4n) is 2.94. The van der Waals surface area contributed by atoms with E-state index < -0.39 is 0 Å². The quantitative estimate of drug-likeness (QED) is 0.556. The van der Waals surface area contributed by atoms with E-state index in [1.54, 1.807) is 17.5 Å². The van der Waals surface area contributed by atoms with E-state index in [2.05, 4.69) is 38.9 Å². The van der Waals surface area contributed by atoms with Crippen molar-refractivity contribution >= 4 is 22.3 Å². The molecule has 1 N–H and O–H groups in total. The van der Waals surface area contributed by atoms with Crippen LogP contribution in [0.1, 0.15) is 28.1 Å². The molecule has 0 amide bonds. The number of thiazole rings is 1. The fourth-order valence-corrected chi connectivity index (χ4v) is 3.59. The Bertz CT molecular complexity index is 928. The number of pyridine rings is 1. The second-order valence-corrected chi connectivity index (χ2v) is 7.03. The van der Waals surface area contributed by atoms with Crippen molar-refractivity contribution in [2.75, 3.05) is 6.54 Å². The van der Waals surface area contributed by atoms with Crippen molar-refractivity contribution in [2.45, 2.75) is 19.4 Å². The average molecular weight is 349 g/mol. The Labute approximate surface area is 150 Å². The summed E-state index contributed by atoms with van der Waals surface area (Å²) >= 11 is 1.69. The summed E-state index contributed by atoms with van der Waals surface area (Å²) in [6.07, 6.45) is 4.57. The van der Waals surface area contributed by atoms with Gasteiger partial charge in [-0.25, -0.2) is 4.98 Å². The lowest BCUT2D eigenvalue weighted by Gasteiger charge is -2.16. The number of aryl methyl sites for hydroxylation is 1. The van der Waals surface area contributed by atoms with E-state index in [1.807, 2.05) is 37.4 Å². The van der Waals surface area contributed by atoms with Gasteiger partial charge >= 0.3 is 0 Å². The molecule has 4 rings (SSSR count). The molecule has 1 atom stereocenters. The molecule has 126 valence electrons. The average Bonchev–Trinajstić information content (AvgIpc) is 3.25. The molecule has 0 bridgehead atoms. The van der Waals surface area contributed by atoms with Crippen molar-refractivity contribution < 1.29 is 4.42 Å². The van der Waals surface area contributed by atoms with E-state index in [0.29, 0.717) is 0 Å². The Kier molecular flexibility index (Phi) is 4.59. The Morgan fingerprint density at radius 3 is 2.88 bits per heavy atom. The Morgan fingerprint density at radius 1 is 1.20 bits per heavy atom. The highest BCUT2D eigenvalue weighted by Crippen LogP contribution is 2.28. The molecule has 3 heterocycles.